The number of hydrogen-bond acceptors (Lipinski definition) is 3. The third-order valence-corrected chi connectivity index (χ3v) is 3.03. The standard InChI is InChI=1S/C15H24FNO2/c1-4-12(2)11-19-15-6-5-13(9-14(15)16)10-17-7-8-18-3/h5-6,9,12,17H,4,7-8,10-11H2,1-3H3. The van der Waals surface area contributed by atoms with Gasteiger partial charge < -0.3 is 14.8 Å². The molecule has 0 amide bonds. The van der Waals surface area contributed by atoms with Crippen LogP contribution in [0.3, 0.4) is 0 Å². The maximum absolute atomic E-state index is 13.8. The average molecular weight is 269 g/mol. The van der Waals surface area contributed by atoms with Gasteiger partial charge in [0, 0.05) is 20.2 Å². The first-order valence-corrected chi connectivity index (χ1v) is 6.78. The van der Waals surface area contributed by atoms with E-state index in [4.69, 9.17) is 9.47 Å². The molecule has 4 heteroatoms. The van der Waals surface area contributed by atoms with Gasteiger partial charge in [0.1, 0.15) is 0 Å². The maximum Gasteiger partial charge on any atom is 0.165 e. The molecule has 0 spiro atoms. The van der Waals surface area contributed by atoms with E-state index in [9.17, 15) is 4.39 Å². The van der Waals surface area contributed by atoms with Crippen molar-refractivity contribution >= 4 is 0 Å². The van der Waals surface area contributed by atoms with Crippen LogP contribution in [-0.2, 0) is 11.3 Å². The van der Waals surface area contributed by atoms with E-state index in [0.29, 0.717) is 31.4 Å². The van der Waals surface area contributed by atoms with Crippen LogP contribution in [0.15, 0.2) is 18.2 Å². The predicted molar refractivity (Wildman–Crippen MR) is 74.9 cm³/mol. The number of hydrogen-bond donors (Lipinski definition) is 1. The molecule has 0 saturated carbocycles. The molecule has 1 aromatic rings. The summed E-state index contributed by atoms with van der Waals surface area (Å²) in [5.74, 6) is 0.477. The minimum atomic E-state index is -0.297. The Morgan fingerprint density at radius 3 is 2.79 bits per heavy atom. The summed E-state index contributed by atoms with van der Waals surface area (Å²) >= 11 is 0. The van der Waals surface area contributed by atoms with Gasteiger partial charge in [-0.2, -0.15) is 0 Å². The molecule has 19 heavy (non-hydrogen) atoms. The first kappa shape index (κ1) is 15.9. The van der Waals surface area contributed by atoms with Crippen molar-refractivity contribution in [1.82, 2.24) is 5.32 Å². The summed E-state index contributed by atoms with van der Waals surface area (Å²) in [5.41, 5.74) is 0.907. The van der Waals surface area contributed by atoms with Crippen LogP contribution in [0.5, 0.6) is 5.75 Å². The van der Waals surface area contributed by atoms with Crippen molar-refractivity contribution in [2.75, 3.05) is 26.9 Å². The minimum absolute atomic E-state index is 0.297. The zero-order chi connectivity index (χ0) is 14.1. The van der Waals surface area contributed by atoms with Crippen LogP contribution in [0.1, 0.15) is 25.8 Å². The molecule has 0 heterocycles. The first-order valence-electron chi connectivity index (χ1n) is 6.78. The predicted octanol–water partition coefficient (Wildman–Crippen LogP) is 2.99. The lowest BCUT2D eigenvalue weighted by Crippen LogP contribution is -2.18. The van der Waals surface area contributed by atoms with Gasteiger partial charge in [0.2, 0.25) is 0 Å². The number of rotatable bonds is 9. The molecule has 0 aliphatic rings. The fourth-order valence-corrected chi connectivity index (χ4v) is 1.53. The summed E-state index contributed by atoms with van der Waals surface area (Å²) in [6.07, 6.45) is 1.03. The minimum Gasteiger partial charge on any atom is -0.490 e. The normalized spacial score (nSPS) is 12.4. The molecule has 1 rings (SSSR count). The maximum atomic E-state index is 13.8. The van der Waals surface area contributed by atoms with E-state index in [1.807, 2.05) is 6.07 Å². The molecule has 0 aliphatic carbocycles. The Balaban J connectivity index is 2.45. The van der Waals surface area contributed by atoms with Crippen LogP contribution in [0, 0.1) is 11.7 Å². The van der Waals surface area contributed by atoms with Gasteiger partial charge >= 0.3 is 0 Å². The van der Waals surface area contributed by atoms with Crippen molar-refractivity contribution in [3.63, 3.8) is 0 Å². The van der Waals surface area contributed by atoms with Crippen LogP contribution < -0.4 is 10.1 Å². The van der Waals surface area contributed by atoms with Crippen molar-refractivity contribution in [1.29, 1.82) is 0 Å². The van der Waals surface area contributed by atoms with E-state index in [1.54, 1.807) is 13.2 Å². The Bertz CT molecular complexity index is 371. The zero-order valence-corrected chi connectivity index (χ0v) is 12.0. The van der Waals surface area contributed by atoms with E-state index >= 15 is 0 Å². The second kappa shape index (κ2) is 8.88. The zero-order valence-electron chi connectivity index (χ0n) is 12.0. The van der Waals surface area contributed by atoms with E-state index < -0.39 is 0 Å². The lowest BCUT2D eigenvalue weighted by molar-refractivity contribution is 0.199. The lowest BCUT2D eigenvalue weighted by Gasteiger charge is -2.12. The largest absolute Gasteiger partial charge is 0.490 e. The third-order valence-electron chi connectivity index (χ3n) is 3.03. The summed E-state index contributed by atoms with van der Waals surface area (Å²) in [4.78, 5) is 0. The van der Waals surface area contributed by atoms with Gasteiger partial charge in [0.15, 0.2) is 11.6 Å². The van der Waals surface area contributed by atoms with Gasteiger partial charge in [-0.25, -0.2) is 4.39 Å². The fourth-order valence-electron chi connectivity index (χ4n) is 1.53. The number of halogens is 1. The van der Waals surface area contributed by atoms with Crippen molar-refractivity contribution in [2.24, 2.45) is 5.92 Å². The van der Waals surface area contributed by atoms with Crippen LogP contribution in [0.25, 0.3) is 0 Å². The number of nitrogens with one attached hydrogen (secondary N) is 1. The molecule has 1 aromatic carbocycles. The molecule has 0 aromatic heterocycles. The van der Waals surface area contributed by atoms with Crippen LogP contribution in [-0.4, -0.2) is 26.9 Å². The molecule has 1 atom stereocenters. The second-order valence-electron chi connectivity index (χ2n) is 4.76. The van der Waals surface area contributed by atoms with Gasteiger partial charge in [-0.15, -0.1) is 0 Å². The quantitative estimate of drug-likeness (QED) is 0.699. The summed E-state index contributed by atoms with van der Waals surface area (Å²) in [6.45, 7) is 6.78. The lowest BCUT2D eigenvalue weighted by atomic mass is 10.1. The van der Waals surface area contributed by atoms with E-state index in [2.05, 4.69) is 19.2 Å². The molecule has 0 fully saturated rings. The van der Waals surface area contributed by atoms with E-state index in [0.717, 1.165) is 18.5 Å². The van der Waals surface area contributed by atoms with Crippen molar-refractivity contribution in [3.05, 3.63) is 29.6 Å². The van der Waals surface area contributed by atoms with E-state index in [1.165, 1.54) is 6.07 Å². The Labute approximate surface area is 115 Å². The van der Waals surface area contributed by atoms with Gasteiger partial charge in [-0.05, 0) is 23.6 Å². The molecule has 108 valence electrons. The number of methoxy groups -OCH3 is 1. The molecule has 1 unspecified atom stereocenters. The smallest absolute Gasteiger partial charge is 0.165 e. The topological polar surface area (TPSA) is 30.5 Å². The fraction of sp³-hybridized carbons (Fsp3) is 0.600. The summed E-state index contributed by atoms with van der Waals surface area (Å²) < 4.78 is 24.2. The molecule has 0 aliphatic heterocycles. The molecule has 0 bridgehead atoms. The second-order valence-corrected chi connectivity index (χ2v) is 4.76. The third kappa shape index (κ3) is 6.03. The SMILES string of the molecule is CCC(C)COc1ccc(CNCCOC)cc1F. The van der Waals surface area contributed by atoms with Crippen LogP contribution in [0.2, 0.25) is 0 Å². The first-order chi connectivity index (χ1) is 9.17. The highest BCUT2D eigenvalue weighted by Crippen LogP contribution is 2.19. The van der Waals surface area contributed by atoms with Crippen molar-refractivity contribution in [2.45, 2.75) is 26.8 Å². The number of ether oxygens (including phenoxy) is 2. The van der Waals surface area contributed by atoms with E-state index in [-0.39, 0.29) is 5.82 Å². The Kier molecular flexibility index (Phi) is 7.45. The molecule has 0 saturated heterocycles. The van der Waals surface area contributed by atoms with Crippen molar-refractivity contribution < 1.29 is 13.9 Å². The van der Waals surface area contributed by atoms with Crippen LogP contribution in [0.4, 0.5) is 4.39 Å². The van der Waals surface area contributed by atoms with Crippen LogP contribution >= 0.6 is 0 Å². The highest BCUT2D eigenvalue weighted by atomic mass is 19.1. The Morgan fingerprint density at radius 1 is 1.37 bits per heavy atom. The molecule has 0 radical (unpaired) electrons. The Morgan fingerprint density at radius 2 is 2.16 bits per heavy atom. The molecular weight excluding hydrogens is 245 g/mol. The average Bonchev–Trinajstić information content (AvgIpc) is 2.42. The van der Waals surface area contributed by atoms with Gasteiger partial charge in [0.05, 0.1) is 13.2 Å². The van der Waals surface area contributed by atoms with Gasteiger partial charge in [-0.1, -0.05) is 26.3 Å². The highest BCUT2D eigenvalue weighted by Gasteiger charge is 2.06. The summed E-state index contributed by atoms with van der Waals surface area (Å²) in [5, 5.41) is 3.18. The van der Waals surface area contributed by atoms with Gasteiger partial charge in [-0.3, -0.25) is 0 Å². The molecular formula is C15H24FNO2. The highest BCUT2D eigenvalue weighted by molar-refractivity contribution is 5.29. The van der Waals surface area contributed by atoms with Gasteiger partial charge in [0.25, 0.3) is 0 Å². The molecule has 1 N–H and O–H groups in total. The number of benzene rings is 1. The van der Waals surface area contributed by atoms with Crippen molar-refractivity contribution in [3.8, 4) is 5.75 Å². The monoisotopic (exact) mass is 269 g/mol. The summed E-state index contributed by atoms with van der Waals surface area (Å²) in [6, 6.07) is 5.10. The Hall–Kier alpha value is -1.13. The summed E-state index contributed by atoms with van der Waals surface area (Å²) in [7, 11) is 1.66. The molecule has 3 nitrogen and oxygen atoms in total.